The Labute approximate surface area is 122 Å². The maximum atomic E-state index is 12.3. The zero-order valence-electron chi connectivity index (χ0n) is 11.6. The maximum absolute atomic E-state index is 12.3. The molecule has 0 fully saturated rings. The van der Waals surface area contributed by atoms with Crippen molar-refractivity contribution >= 4 is 0 Å². The average Bonchev–Trinajstić information content (AvgIpc) is 2.93. The molecule has 21 heavy (non-hydrogen) atoms. The van der Waals surface area contributed by atoms with Gasteiger partial charge in [0.1, 0.15) is 5.75 Å². The number of fused-ring (bicyclic) bond motifs is 1. The highest BCUT2D eigenvalue weighted by Gasteiger charge is 2.15. The molecule has 0 spiro atoms. The van der Waals surface area contributed by atoms with E-state index in [1.165, 1.54) is 23.6 Å². The van der Waals surface area contributed by atoms with Crippen molar-refractivity contribution in [3.8, 4) is 5.75 Å². The summed E-state index contributed by atoms with van der Waals surface area (Å²) in [5.74, 6) is 0.138. The minimum Gasteiger partial charge on any atom is -0.435 e. The predicted molar refractivity (Wildman–Crippen MR) is 77.6 cm³/mol. The molecule has 0 aliphatic heterocycles. The fourth-order valence-electron chi connectivity index (χ4n) is 2.86. The molecule has 0 saturated heterocycles. The van der Waals surface area contributed by atoms with Gasteiger partial charge in [0, 0.05) is 0 Å². The first-order chi connectivity index (χ1) is 10.1. The van der Waals surface area contributed by atoms with Gasteiger partial charge in [-0.3, -0.25) is 0 Å². The standard InChI is InChI=1S/C17H17F2NO/c18-17(19)21-15-6-2-5-13(10-15)16(20)14-8-7-11-3-1-4-12(11)9-14/h2,5-10,16-17H,1,3-4,20H2. The van der Waals surface area contributed by atoms with Gasteiger partial charge < -0.3 is 10.5 Å². The smallest absolute Gasteiger partial charge is 0.387 e. The molecule has 3 rings (SSSR count). The van der Waals surface area contributed by atoms with E-state index in [0.717, 1.165) is 24.0 Å². The van der Waals surface area contributed by atoms with E-state index in [-0.39, 0.29) is 11.8 Å². The summed E-state index contributed by atoms with van der Waals surface area (Å²) in [6.45, 7) is -2.82. The Bertz CT molecular complexity index is 642. The molecule has 0 amide bonds. The second kappa shape index (κ2) is 5.82. The summed E-state index contributed by atoms with van der Waals surface area (Å²) in [7, 11) is 0. The minimum atomic E-state index is -2.82. The summed E-state index contributed by atoms with van der Waals surface area (Å²) in [5, 5.41) is 0. The number of hydrogen-bond acceptors (Lipinski definition) is 2. The Balaban J connectivity index is 1.86. The van der Waals surface area contributed by atoms with E-state index < -0.39 is 6.61 Å². The van der Waals surface area contributed by atoms with Crippen molar-refractivity contribution in [3.63, 3.8) is 0 Å². The van der Waals surface area contributed by atoms with Gasteiger partial charge in [0.15, 0.2) is 0 Å². The van der Waals surface area contributed by atoms with Crippen LogP contribution in [0.5, 0.6) is 5.75 Å². The van der Waals surface area contributed by atoms with Crippen LogP contribution in [0, 0.1) is 0 Å². The van der Waals surface area contributed by atoms with Crippen LogP contribution in [0.25, 0.3) is 0 Å². The molecule has 0 aromatic heterocycles. The molecule has 0 heterocycles. The first-order valence-electron chi connectivity index (χ1n) is 7.05. The predicted octanol–water partition coefficient (Wildman–Crippen LogP) is 3.82. The number of hydrogen-bond donors (Lipinski definition) is 1. The fraction of sp³-hybridized carbons (Fsp3) is 0.294. The minimum absolute atomic E-state index is 0.138. The molecule has 1 unspecified atom stereocenters. The molecule has 2 aromatic rings. The number of rotatable bonds is 4. The zero-order valence-corrected chi connectivity index (χ0v) is 11.6. The molecule has 4 heteroatoms. The van der Waals surface area contributed by atoms with Gasteiger partial charge in [-0.05, 0) is 53.6 Å². The van der Waals surface area contributed by atoms with E-state index in [1.807, 2.05) is 12.1 Å². The maximum Gasteiger partial charge on any atom is 0.387 e. The van der Waals surface area contributed by atoms with Gasteiger partial charge in [-0.25, -0.2) is 0 Å². The van der Waals surface area contributed by atoms with Crippen LogP contribution in [0.15, 0.2) is 42.5 Å². The monoisotopic (exact) mass is 289 g/mol. The largest absolute Gasteiger partial charge is 0.435 e. The van der Waals surface area contributed by atoms with Crippen LogP contribution in [0.3, 0.4) is 0 Å². The lowest BCUT2D eigenvalue weighted by Gasteiger charge is -2.15. The third-order valence-electron chi connectivity index (χ3n) is 3.92. The Hall–Kier alpha value is -1.94. The Morgan fingerprint density at radius 3 is 2.52 bits per heavy atom. The van der Waals surface area contributed by atoms with E-state index in [9.17, 15) is 8.78 Å². The van der Waals surface area contributed by atoms with Gasteiger partial charge in [0.25, 0.3) is 0 Å². The molecule has 2 aromatic carbocycles. The second-order valence-corrected chi connectivity index (χ2v) is 5.31. The number of nitrogens with two attached hydrogens (primary N) is 1. The molecular weight excluding hydrogens is 272 g/mol. The van der Waals surface area contributed by atoms with Gasteiger partial charge in [0.2, 0.25) is 0 Å². The molecule has 2 N–H and O–H groups in total. The van der Waals surface area contributed by atoms with Gasteiger partial charge in [0.05, 0.1) is 6.04 Å². The summed E-state index contributed by atoms with van der Waals surface area (Å²) in [5.41, 5.74) is 10.8. The Morgan fingerprint density at radius 1 is 0.952 bits per heavy atom. The third kappa shape index (κ3) is 3.05. The number of alkyl halides is 2. The van der Waals surface area contributed by atoms with Crippen LogP contribution in [0.1, 0.15) is 34.7 Å². The first kappa shape index (κ1) is 14.0. The third-order valence-corrected chi connectivity index (χ3v) is 3.92. The molecule has 1 atom stereocenters. The zero-order chi connectivity index (χ0) is 14.8. The highest BCUT2D eigenvalue weighted by atomic mass is 19.3. The topological polar surface area (TPSA) is 35.2 Å². The molecule has 0 radical (unpaired) electrons. The summed E-state index contributed by atoms with van der Waals surface area (Å²) in [6, 6.07) is 12.5. The van der Waals surface area contributed by atoms with E-state index in [4.69, 9.17) is 5.73 Å². The molecule has 2 nitrogen and oxygen atoms in total. The second-order valence-electron chi connectivity index (χ2n) is 5.31. The molecule has 1 aliphatic carbocycles. The van der Waals surface area contributed by atoms with Crippen LogP contribution in [-0.4, -0.2) is 6.61 Å². The summed E-state index contributed by atoms with van der Waals surface area (Å²) in [4.78, 5) is 0. The van der Waals surface area contributed by atoms with E-state index in [2.05, 4.69) is 16.9 Å². The van der Waals surface area contributed by atoms with Crippen LogP contribution in [0.4, 0.5) is 8.78 Å². The van der Waals surface area contributed by atoms with Crippen molar-refractivity contribution in [2.75, 3.05) is 0 Å². The van der Waals surface area contributed by atoms with E-state index in [1.54, 1.807) is 12.1 Å². The van der Waals surface area contributed by atoms with E-state index >= 15 is 0 Å². The highest BCUT2D eigenvalue weighted by Crippen LogP contribution is 2.28. The first-order valence-corrected chi connectivity index (χ1v) is 7.05. The number of aryl methyl sites for hydroxylation is 2. The van der Waals surface area contributed by atoms with Crippen molar-refractivity contribution in [1.82, 2.24) is 0 Å². The Morgan fingerprint density at radius 2 is 1.71 bits per heavy atom. The van der Waals surface area contributed by atoms with Crippen LogP contribution in [-0.2, 0) is 12.8 Å². The number of ether oxygens (including phenoxy) is 1. The molecule has 0 saturated carbocycles. The summed E-state index contributed by atoms with van der Waals surface area (Å²) >= 11 is 0. The van der Waals surface area contributed by atoms with Crippen LogP contribution >= 0.6 is 0 Å². The number of benzene rings is 2. The van der Waals surface area contributed by atoms with Crippen LogP contribution in [0.2, 0.25) is 0 Å². The number of halogens is 2. The van der Waals surface area contributed by atoms with Gasteiger partial charge in [-0.1, -0.05) is 30.3 Å². The molecular formula is C17H17F2NO. The quantitative estimate of drug-likeness (QED) is 0.928. The molecule has 110 valence electrons. The lowest BCUT2D eigenvalue weighted by atomic mass is 9.96. The normalized spacial score (nSPS) is 15.0. The van der Waals surface area contributed by atoms with Gasteiger partial charge >= 0.3 is 6.61 Å². The van der Waals surface area contributed by atoms with Crippen molar-refractivity contribution in [3.05, 3.63) is 64.7 Å². The lowest BCUT2D eigenvalue weighted by molar-refractivity contribution is -0.0498. The molecule has 0 bridgehead atoms. The van der Waals surface area contributed by atoms with Crippen molar-refractivity contribution in [2.45, 2.75) is 31.9 Å². The summed E-state index contributed by atoms with van der Waals surface area (Å²) < 4.78 is 29.0. The highest BCUT2D eigenvalue weighted by molar-refractivity contribution is 5.41. The summed E-state index contributed by atoms with van der Waals surface area (Å²) in [6.07, 6.45) is 3.40. The van der Waals surface area contributed by atoms with Crippen molar-refractivity contribution < 1.29 is 13.5 Å². The lowest BCUT2D eigenvalue weighted by Crippen LogP contribution is -2.12. The van der Waals surface area contributed by atoms with Crippen molar-refractivity contribution in [1.29, 1.82) is 0 Å². The van der Waals surface area contributed by atoms with Gasteiger partial charge in [-0.2, -0.15) is 8.78 Å². The van der Waals surface area contributed by atoms with Gasteiger partial charge in [-0.15, -0.1) is 0 Å². The Kier molecular flexibility index (Phi) is 3.88. The molecule has 1 aliphatic rings. The fourth-order valence-corrected chi connectivity index (χ4v) is 2.86. The van der Waals surface area contributed by atoms with E-state index in [0.29, 0.717) is 0 Å². The van der Waals surface area contributed by atoms with Crippen LogP contribution < -0.4 is 10.5 Å². The SMILES string of the molecule is NC(c1cccc(OC(F)F)c1)c1ccc2c(c1)CCC2. The van der Waals surface area contributed by atoms with Crippen molar-refractivity contribution in [2.24, 2.45) is 5.73 Å². The average molecular weight is 289 g/mol.